The molecule has 106 valence electrons. The molecule has 0 heterocycles. The van der Waals surface area contributed by atoms with E-state index in [-0.39, 0.29) is 12.1 Å². The third kappa shape index (κ3) is 2.58. The van der Waals surface area contributed by atoms with Crippen LogP contribution in [0.1, 0.15) is 5.56 Å². The molecule has 0 aliphatic heterocycles. The number of hydrogen-bond donors (Lipinski definition) is 1. The molecular weight excluding hydrogens is 264 g/mol. The fourth-order valence-corrected chi connectivity index (χ4v) is 2.07. The molecule has 0 aliphatic rings. The maximum atomic E-state index is 13.8. The van der Waals surface area contributed by atoms with Crippen LogP contribution < -0.4 is 15.2 Å². The Morgan fingerprint density at radius 2 is 1.80 bits per heavy atom. The third-order valence-corrected chi connectivity index (χ3v) is 3.02. The van der Waals surface area contributed by atoms with Crippen molar-refractivity contribution in [3.63, 3.8) is 0 Å². The zero-order chi connectivity index (χ0) is 14.7. The van der Waals surface area contributed by atoms with Crippen LogP contribution in [0.2, 0.25) is 0 Å². The zero-order valence-electron chi connectivity index (χ0n) is 11.2. The fraction of sp³-hybridized carbons (Fsp3) is 0.200. The van der Waals surface area contributed by atoms with Gasteiger partial charge in [-0.2, -0.15) is 0 Å². The summed E-state index contributed by atoms with van der Waals surface area (Å²) in [6, 6.07) is 6.55. The van der Waals surface area contributed by atoms with Crippen LogP contribution in [0, 0.1) is 11.6 Å². The Bertz CT molecular complexity index is 604. The Morgan fingerprint density at radius 3 is 2.40 bits per heavy atom. The second-order valence-corrected chi connectivity index (χ2v) is 4.20. The lowest BCUT2D eigenvalue weighted by molar-refractivity contribution is 0.352. The van der Waals surface area contributed by atoms with Crippen molar-refractivity contribution in [1.82, 2.24) is 0 Å². The fourth-order valence-electron chi connectivity index (χ4n) is 2.07. The first kappa shape index (κ1) is 14.3. The predicted molar refractivity (Wildman–Crippen MR) is 72.8 cm³/mol. The molecule has 0 radical (unpaired) electrons. The number of ether oxygens (including phenoxy) is 2. The predicted octanol–water partition coefficient (Wildman–Crippen LogP) is 3.11. The molecule has 0 bridgehead atoms. The highest BCUT2D eigenvalue weighted by Crippen LogP contribution is 2.37. The largest absolute Gasteiger partial charge is 0.493 e. The number of benzene rings is 2. The number of nitrogens with two attached hydrogens (primary N) is 1. The molecule has 0 saturated heterocycles. The minimum absolute atomic E-state index is 0.153. The molecule has 2 rings (SSSR count). The smallest absolute Gasteiger partial charge is 0.165 e. The van der Waals surface area contributed by atoms with Gasteiger partial charge in [0.05, 0.1) is 14.2 Å². The highest BCUT2D eigenvalue weighted by atomic mass is 19.1. The zero-order valence-corrected chi connectivity index (χ0v) is 11.2. The Kier molecular flexibility index (Phi) is 4.20. The number of methoxy groups -OCH3 is 2. The van der Waals surface area contributed by atoms with Gasteiger partial charge in [-0.25, -0.2) is 8.78 Å². The lowest BCUT2D eigenvalue weighted by Crippen LogP contribution is -2.02. The molecule has 0 aromatic heterocycles. The van der Waals surface area contributed by atoms with E-state index in [9.17, 15) is 8.78 Å². The Morgan fingerprint density at radius 1 is 1.05 bits per heavy atom. The van der Waals surface area contributed by atoms with Crippen LogP contribution >= 0.6 is 0 Å². The van der Waals surface area contributed by atoms with E-state index in [0.717, 1.165) is 18.2 Å². The quantitative estimate of drug-likeness (QED) is 0.935. The maximum Gasteiger partial charge on any atom is 0.165 e. The Hall–Kier alpha value is -2.14. The summed E-state index contributed by atoms with van der Waals surface area (Å²) < 4.78 is 37.6. The molecule has 20 heavy (non-hydrogen) atoms. The van der Waals surface area contributed by atoms with Crippen LogP contribution in [0.25, 0.3) is 11.1 Å². The molecule has 0 saturated carbocycles. The SMILES string of the molecule is COc1cc(-c2cc(F)ccc2F)cc(CN)c1OC. The van der Waals surface area contributed by atoms with E-state index in [2.05, 4.69) is 0 Å². The average molecular weight is 279 g/mol. The summed E-state index contributed by atoms with van der Waals surface area (Å²) in [5, 5.41) is 0. The first-order valence-electron chi connectivity index (χ1n) is 6.01. The van der Waals surface area contributed by atoms with E-state index >= 15 is 0 Å². The molecule has 0 fully saturated rings. The van der Waals surface area contributed by atoms with Gasteiger partial charge in [-0.1, -0.05) is 0 Å². The van der Waals surface area contributed by atoms with Crippen molar-refractivity contribution in [1.29, 1.82) is 0 Å². The standard InChI is InChI=1S/C15H15F2NO2/c1-19-14-6-9(5-10(8-18)15(14)20-2)12-7-11(16)3-4-13(12)17/h3-7H,8,18H2,1-2H3. The van der Waals surface area contributed by atoms with Gasteiger partial charge >= 0.3 is 0 Å². The number of rotatable bonds is 4. The summed E-state index contributed by atoms with van der Waals surface area (Å²) in [6.07, 6.45) is 0. The molecule has 0 atom stereocenters. The molecule has 3 nitrogen and oxygen atoms in total. The van der Waals surface area contributed by atoms with E-state index in [0.29, 0.717) is 22.6 Å². The molecule has 0 amide bonds. The minimum atomic E-state index is -0.512. The van der Waals surface area contributed by atoms with E-state index in [1.165, 1.54) is 14.2 Å². The van der Waals surface area contributed by atoms with Gasteiger partial charge in [-0.15, -0.1) is 0 Å². The molecule has 0 unspecified atom stereocenters. The Labute approximate surface area is 115 Å². The molecule has 0 spiro atoms. The van der Waals surface area contributed by atoms with Crippen molar-refractivity contribution in [3.05, 3.63) is 47.5 Å². The molecule has 5 heteroatoms. The van der Waals surface area contributed by atoms with E-state index in [1.54, 1.807) is 12.1 Å². The van der Waals surface area contributed by atoms with Crippen molar-refractivity contribution in [2.24, 2.45) is 5.73 Å². The summed E-state index contributed by atoms with van der Waals surface area (Å²) in [5.41, 5.74) is 6.96. The molecule has 2 aromatic carbocycles. The number of hydrogen-bond acceptors (Lipinski definition) is 3. The first-order chi connectivity index (χ1) is 9.60. The van der Waals surface area contributed by atoms with E-state index in [4.69, 9.17) is 15.2 Å². The highest BCUT2D eigenvalue weighted by molar-refractivity contribution is 5.69. The van der Waals surface area contributed by atoms with Crippen LogP contribution in [-0.2, 0) is 6.54 Å². The molecule has 2 aromatic rings. The van der Waals surface area contributed by atoms with Gasteiger partial charge in [-0.05, 0) is 35.9 Å². The van der Waals surface area contributed by atoms with E-state index in [1.807, 2.05) is 0 Å². The van der Waals surface area contributed by atoms with Crippen LogP contribution in [-0.4, -0.2) is 14.2 Å². The summed E-state index contributed by atoms with van der Waals surface area (Å²) in [7, 11) is 2.98. The van der Waals surface area contributed by atoms with Gasteiger partial charge in [0.2, 0.25) is 0 Å². The summed E-state index contributed by atoms with van der Waals surface area (Å²) in [6.45, 7) is 0.199. The topological polar surface area (TPSA) is 44.5 Å². The summed E-state index contributed by atoms with van der Waals surface area (Å²) >= 11 is 0. The molecule has 2 N–H and O–H groups in total. The van der Waals surface area contributed by atoms with Gasteiger partial charge in [0, 0.05) is 17.7 Å². The first-order valence-corrected chi connectivity index (χ1v) is 6.01. The van der Waals surface area contributed by atoms with Crippen molar-refractivity contribution in [2.45, 2.75) is 6.54 Å². The van der Waals surface area contributed by atoms with Gasteiger partial charge in [0.25, 0.3) is 0 Å². The van der Waals surface area contributed by atoms with Crippen LogP contribution in [0.4, 0.5) is 8.78 Å². The van der Waals surface area contributed by atoms with Crippen LogP contribution in [0.15, 0.2) is 30.3 Å². The Balaban J connectivity index is 2.65. The van der Waals surface area contributed by atoms with Crippen LogP contribution in [0.3, 0.4) is 0 Å². The van der Waals surface area contributed by atoms with Crippen LogP contribution in [0.5, 0.6) is 11.5 Å². The second kappa shape index (κ2) is 5.88. The lowest BCUT2D eigenvalue weighted by Gasteiger charge is -2.14. The number of halogens is 2. The lowest BCUT2D eigenvalue weighted by atomic mass is 10.0. The minimum Gasteiger partial charge on any atom is -0.493 e. The molecular formula is C15H15F2NO2. The normalized spacial score (nSPS) is 10.4. The van der Waals surface area contributed by atoms with Gasteiger partial charge in [-0.3, -0.25) is 0 Å². The summed E-state index contributed by atoms with van der Waals surface area (Å²) in [5.74, 6) is -0.100. The molecule has 0 aliphatic carbocycles. The third-order valence-electron chi connectivity index (χ3n) is 3.02. The maximum absolute atomic E-state index is 13.8. The van der Waals surface area contributed by atoms with E-state index < -0.39 is 11.6 Å². The highest BCUT2D eigenvalue weighted by Gasteiger charge is 2.15. The van der Waals surface area contributed by atoms with Gasteiger partial charge in [0.15, 0.2) is 11.5 Å². The van der Waals surface area contributed by atoms with Crippen molar-refractivity contribution < 1.29 is 18.3 Å². The van der Waals surface area contributed by atoms with Crippen molar-refractivity contribution in [3.8, 4) is 22.6 Å². The van der Waals surface area contributed by atoms with Crippen molar-refractivity contribution in [2.75, 3.05) is 14.2 Å². The second-order valence-electron chi connectivity index (χ2n) is 4.20. The van der Waals surface area contributed by atoms with Gasteiger partial charge < -0.3 is 15.2 Å². The summed E-state index contributed by atoms with van der Waals surface area (Å²) in [4.78, 5) is 0. The monoisotopic (exact) mass is 279 g/mol. The van der Waals surface area contributed by atoms with Gasteiger partial charge in [0.1, 0.15) is 11.6 Å². The average Bonchev–Trinajstić information content (AvgIpc) is 2.48. The van der Waals surface area contributed by atoms with Crippen molar-refractivity contribution >= 4 is 0 Å².